The fourth-order valence-electron chi connectivity index (χ4n) is 2.26. The van der Waals surface area contributed by atoms with Crippen molar-refractivity contribution in [2.24, 2.45) is 5.41 Å². The van der Waals surface area contributed by atoms with Gasteiger partial charge in [0.1, 0.15) is 11.2 Å². The molecule has 0 aromatic heterocycles. The molecular formula is C17H15BrN2O3. The number of carbonyl (C=O) groups excluding carboxylic acids is 2. The van der Waals surface area contributed by atoms with Crippen molar-refractivity contribution in [2.45, 2.75) is 12.8 Å². The first kappa shape index (κ1) is 15.6. The number of benzene rings is 2. The normalized spacial score (nSPS) is 14.8. The zero-order valence-corrected chi connectivity index (χ0v) is 13.8. The summed E-state index contributed by atoms with van der Waals surface area (Å²) in [5.74, 6) is -0.494. The number of carbonyl (C=O) groups is 2. The molecular weight excluding hydrogens is 360 g/mol. The number of phenolic OH excluding ortho intramolecular Hbond substituents is 1. The summed E-state index contributed by atoms with van der Waals surface area (Å²) >= 11 is 3.33. The fraction of sp³-hybridized carbons (Fsp3) is 0.176. The number of rotatable bonds is 4. The molecule has 6 heteroatoms. The molecule has 1 saturated carbocycles. The van der Waals surface area contributed by atoms with Crippen LogP contribution in [0, 0.1) is 5.41 Å². The molecule has 0 atom stereocenters. The van der Waals surface area contributed by atoms with E-state index < -0.39 is 5.41 Å². The minimum absolute atomic E-state index is 0.122. The van der Waals surface area contributed by atoms with Gasteiger partial charge in [0.15, 0.2) is 0 Å². The maximum atomic E-state index is 12.4. The lowest BCUT2D eigenvalue weighted by Gasteiger charge is -2.15. The van der Waals surface area contributed by atoms with Crippen molar-refractivity contribution in [3.63, 3.8) is 0 Å². The third kappa shape index (κ3) is 3.37. The lowest BCUT2D eigenvalue weighted by Crippen LogP contribution is -2.35. The summed E-state index contributed by atoms with van der Waals surface area (Å²) in [5, 5.41) is 14.8. The van der Waals surface area contributed by atoms with E-state index in [1.165, 1.54) is 12.1 Å². The number of halogens is 1. The van der Waals surface area contributed by atoms with Crippen LogP contribution in [0.2, 0.25) is 0 Å². The van der Waals surface area contributed by atoms with Crippen molar-refractivity contribution in [3.05, 3.63) is 53.0 Å². The van der Waals surface area contributed by atoms with E-state index in [0.717, 1.165) is 4.47 Å². The Kier molecular flexibility index (Phi) is 4.09. The molecule has 0 radical (unpaired) electrons. The van der Waals surface area contributed by atoms with Crippen molar-refractivity contribution in [1.29, 1.82) is 0 Å². The van der Waals surface area contributed by atoms with Crippen LogP contribution in [0.3, 0.4) is 0 Å². The third-order valence-corrected chi connectivity index (χ3v) is 4.38. The van der Waals surface area contributed by atoms with Gasteiger partial charge in [-0.1, -0.05) is 15.9 Å². The largest absolute Gasteiger partial charge is 0.508 e. The van der Waals surface area contributed by atoms with E-state index in [1.807, 2.05) is 12.1 Å². The molecule has 23 heavy (non-hydrogen) atoms. The van der Waals surface area contributed by atoms with Gasteiger partial charge in [0.05, 0.1) is 0 Å². The predicted octanol–water partition coefficient (Wildman–Crippen LogP) is 3.51. The van der Waals surface area contributed by atoms with Crippen molar-refractivity contribution < 1.29 is 14.7 Å². The number of hydrogen-bond acceptors (Lipinski definition) is 3. The lowest BCUT2D eigenvalue weighted by atomic mass is 10.0. The van der Waals surface area contributed by atoms with Crippen LogP contribution in [0.5, 0.6) is 5.75 Å². The highest BCUT2D eigenvalue weighted by atomic mass is 79.9. The molecule has 0 heterocycles. The molecule has 3 N–H and O–H groups in total. The van der Waals surface area contributed by atoms with E-state index in [1.54, 1.807) is 24.3 Å². The molecule has 0 saturated heterocycles. The van der Waals surface area contributed by atoms with Crippen molar-refractivity contribution >= 4 is 39.1 Å². The minimum atomic E-state index is -1.01. The van der Waals surface area contributed by atoms with E-state index in [0.29, 0.717) is 24.2 Å². The number of nitrogens with one attached hydrogen (secondary N) is 2. The van der Waals surface area contributed by atoms with Gasteiger partial charge in [-0.15, -0.1) is 0 Å². The molecule has 0 aliphatic heterocycles. The van der Waals surface area contributed by atoms with E-state index in [2.05, 4.69) is 26.6 Å². The van der Waals surface area contributed by atoms with Crippen LogP contribution in [0.25, 0.3) is 0 Å². The Morgan fingerprint density at radius 3 is 1.74 bits per heavy atom. The monoisotopic (exact) mass is 374 g/mol. The van der Waals surface area contributed by atoms with Crippen LogP contribution in [0.1, 0.15) is 12.8 Å². The Hall–Kier alpha value is -2.34. The zero-order valence-electron chi connectivity index (χ0n) is 12.2. The molecule has 2 amide bonds. The second kappa shape index (κ2) is 6.04. The summed E-state index contributed by atoms with van der Waals surface area (Å²) in [6.45, 7) is 0. The summed E-state index contributed by atoms with van der Waals surface area (Å²) in [6, 6.07) is 13.4. The van der Waals surface area contributed by atoms with Crippen LogP contribution >= 0.6 is 15.9 Å². The number of amides is 2. The highest BCUT2D eigenvalue weighted by Crippen LogP contribution is 2.47. The Bertz CT molecular complexity index is 676. The minimum Gasteiger partial charge on any atom is -0.508 e. The maximum absolute atomic E-state index is 12.4. The first-order valence-corrected chi connectivity index (χ1v) is 7.96. The smallest absolute Gasteiger partial charge is 0.240 e. The second-order valence-electron chi connectivity index (χ2n) is 5.54. The number of hydrogen-bond donors (Lipinski definition) is 3. The molecule has 2 aromatic carbocycles. The number of phenols is 1. The number of anilines is 2. The standard InChI is InChI=1S/C17H15BrN2O3/c18-11-1-3-12(4-2-11)19-15(22)17(9-10-17)16(23)20-13-5-7-14(21)8-6-13/h1-8,21H,9-10H2,(H,19,22)(H,20,23). The van der Waals surface area contributed by atoms with E-state index in [4.69, 9.17) is 0 Å². The van der Waals surface area contributed by atoms with Gasteiger partial charge in [-0.2, -0.15) is 0 Å². The van der Waals surface area contributed by atoms with Gasteiger partial charge in [0, 0.05) is 15.8 Å². The quantitative estimate of drug-likeness (QED) is 0.565. The Balaban J connectivity index is 1.68. The van der Waals surface area contributed by atoms with Crippen LogP contribution in [-0.2, 0) is 9.59 Å². The average Bonchev–Trinajstić information content (AvgIpc) is 3.34. The molecule has 118 valence electrons. The van der Waals surface area contributed by atoms with Crippen molar-refractivity contribution in [3.8, 4) is 5.75 Å². The predicted molar refractivity (Wildman–Crippen MR) is 91.2 cm³/mol. The summed E-state index contributed by atoms with van der Waals surface area (Å²) in [6.07, 6.45) is 1.05. The Labute approximate surface area is 141 Å². The topological polar surface area (TPSA) is 78.4 Å². The highest BCUT2D eigenvalue weighted by Gasteiger charge is 2.56. The van der Waals surface area contributed by atoms with Gasteiger partial charge in [-0.25, -0.2) is 0 Å². The molecule has 0 unspecified atom stereocenters. The molecule has 1 aliphatic carbocycles. The SMILES string of the molecule is O=C(Nc1ccc(O)cc1)C1(C(=O)Nc2ccc(Br)cc2)CC1. The van der Waals surface area contributed by atoms with Gasteiger partial charge in [0.2, 0.25) is 11.8 Å². The van der Waals surface area contributed by atoms with E-state index >= 15 is 0 Å². The highest BCUT2D eigenvalue weighted by molar-refractivity contribution is 9.10. The van der Waals surface area contributed by atoms with Gasteiger partial charge in [0.25, 0.3) is 0 Å². The van der Waals surface area contributed by atoms with Gasteiger partial charge >= 0.3 is 0 Å². The fourth-order valence-corrected chi connectivity index (χ4v) is 2.53. The molecule has 3 rings (SSSR count). The van der Waals surface area contributed by atoms with Crippen LogP contribution in [0.4, 0.5) is 11.4 Å². The molecule has 0 bridgehead atoms. The van der Waals surface area contributed by atoms with Gasteiger partial charge in [-0.05, 0) is 61.4 Å². The van der Waals surface area contributed by atoms with Crippen molar-refractivity contribution in [1.82, 2.24) is 0 Å². The lowest BCUT2D eigenvalue weighted by molar-refractivity contribution is -0.131. The van der Waals surface area contributed by atoms with Crippen LogP contribution in [0.15, 0.2) is 53.0 Å². The first-order chi connectivity index (χ1) is 11.0. The van der Waals surface area contributed by atoms with Crippen molar-refractivity contribution in [2.75, 3.05) is 10.6 Å². The molecule has 5 nitrogen and oxygen atoms in total. The van der Waals surface area contributed by atoms with E-state index in [9.17, 15) is 14.7 Å². The molecule has 0 spiro atoms. The molecule has 1 aliphatic rings. The zero-order chi connectivity index (χ0) is 16.4. The summed E-state index contributed by atoms with van der Waals surface area (Å²) in [5.41, 5.74) is 0.197. The van der Waals surface area contributed by atoms with Crippen LogP contribution in [-0.4, -0.2) is 16.9 Å². The summed E-state index contributed by atoms with van der Waals surface area (Å²) in [4.78, 5) is 24.9. The first-order valence-electron chi connectivity index (χ1n) is 7.17. The second-order valence-corrected chi connectivity index (χ2v) is 6.46. The Morgan fingerprint density at radius 1 is 0.870 bits per heavy atom. The number of aromatic hydroxyl groups is 1. The van der Waals surface area contributed by atoms with Gasteiger partial charge < -0.3 is 15.7 Å². The van der Waals surface area contributed by atoms with Gasteiger partial charge in [-0.3, -0.25) is 9.59 Å². The Morgan fingerprint density at radius 2 is 1.30 bits per heavy atom. The maximum Gasteiger partial charge on any atom is 0.240 e. The summed E-state index contributed by atoms with van der Waals surface area (Å²) in [7, 11) is 0. The molecule has 1 fully saturated rings. The molecule has 2 aromatic rings. The summed E-state index contributed by atoms with van der Waals surface area (Å²) < 4.78 is 0.918. The average molecular weight is 375 g/mol. The van der Waals surface area contributed by atoms with E-state index in [-0.39, 0.29) is 17.6 Å². The third-order valence-electron chi connectivity index (χ3n) is 3.85. The van der Waals surface area contributed by atoms with Crippen LogP contribution < -0.4 is 10.6 Å².